The van der Waals surface area contributed by atoms with E-state index in [2.05, 4.69) is 4.72 Å². The van der Waals surface area contributed by atoms with E-state index in [1.165, 1.54) is 26.2 Å². The molecule has 0 saturated carbocycles. The van der Waals surface area contributed by atoms with Crippen LogP contribution in [0.15, 0.2) is 17.0 Å². The molecular weight excluding hydrogens is 339 g/mol. The second kappa shape index (κ2) is 7.13. The van der Waals surface area contributed by atoms with E-state index in [1.54, 1.807) is 0 Å². The Kier molecular flexibility index (Phi) is 6.27. The van der Waals surface area contributed by atoms with Crippen LogP contribution in [0.2, 0.25) is 10.0 Å². The summed E-state index contributed by atoms with van der Waals surface area (Å²) in [6.07, 6.45) is 0.274. The third-order valence-electron chi connectivity index (χ3n) is 2.79. The van der Waals surface area contributed by atoms with E-state index >= 15 is 0 Å². The van der Waals surface area contributed by atoms with E-state index in [-0.39, 0.29) is 33.6 Å². The zero-order valence-corrected chi connectivity index (χ0v) is 14.0. The lowest BCUT2D eigenvalue weighted by molar-refractivity contribution is 0.0292. The van der Waals surface area contributed by atoms with Gasteiger partial charge in [-0.2, -0.15) is 0 Å². The van der Waals surface area contributed by atoms with Gasteiger partial charge in [-0.1, -0.05) is 23.2 Å². The lowest BCUT2D eigenvalue weighted by Crippen LogP contribution is -2.41. The van der Waals surface area contributed by atoms with Gasteiger partial charge in [-0.25, -0.2) is 13.1 Å². The summed E-state index contributed by atoms with van der Waals surface area (Å²) in [5, 5.41) is 10.2. The Labute approximate surface area is 134 Å². The summed E-state index contributed by atoms with van der Waals surface area (Å²) < 4.78 is 31.6. The van der Waals surface area contributed by atoms with E-state index in [4.69, 9.17) is 33.7 Å². The molecule has 1 rings (SSSR count). The van der Waals surface area contributed by atoms with Crippen molar-refractivity contribution in [1.29, 1.82) is 0 Å². The molecule has 0 bridgehead atoms. The van der Waals surface area contributed by atoms with Gasteiger partial charge in [0.1, 0.15) is 4.90 Å². The number of hydrogen-bond donors (Lipinski definition) is 3. The SMILES string of the molecule is COCCC(C)(O)CNS(=O)(=O)c1c(N)cc(Cl)cc1Cl. The van der Waals surface area contributed by atoms with Crippen LogP contribution >= 0.6 is 23.2 Å². The minimum absolute atomic E-state index is 0.0588. The first-order chi connectivity index (χ1) is 9.59. The van der Waals surface area contributed by atoms with Gasteiger partial charge in [-0.05, 0) is 19.1 Å². The first-order valence-corrected chi connectivity index (χ1v) is 8.28. The van der Waals surface area contributed by atoms with Crippen LogP contribution in [0.5, 0.6) is 0 Å². The summed E-state index contributed by atoms with van der Waals surface area (Å²) in [6.45, 7) is 1.61. The van der Waals surface area contributed by atoms with E-state index in [0.29, 0.717) is 6.61 Å². The second-order valence-electron chi connectivity index (χ2n) is 4.87. The molecule has 1 aromatic rings. The van der Waals surface area contributed by atoms with Crippen LogP contribution in [-0.4, -0.2) is 39.4 Å². The highest BCUT2D eigenvalue weighted by molar-refractivity contribution is 7.89. The maximum absolute atomic E-state index is 12.2. The van der Waals surface area contributed by atoms with Crippen molar-refractivity contribution in [2.75, 3.05) is 26.0 Å². The van der Waals surface area contributed by atoms with Gasteiger partial charge in [0.2, 0.25) is 10.0 Å². The Hall–Kier alpha value is -0.570. The van der Waals surface area contributed by atoms with Crippen molar-refractivity contribution in [3.63, 3.8) is 0 Å². The number of nitrogens with two attached hydrogens (primary N) is 1. The van der Waals surface area contributed by atoms with Crippen molar-refractivity contribution >= 4 is 38.9 Å². The molecule has 1 aromatic carbocycles. The Morgan fingerprint density at radius 2 is 2.05 bits per heavy atom. The highest BCUT2D eigenvalue weighted by atomic mass is 35.5. The topological polar surface area (TPSA) is 102 Å². The van der Waals surface area contributed by atoms with Gasteiger partial charge in [0.25, 0.3) is 0 Å². The van der Waals surface area contributed by atoms with E-state index in [1.807, 2.05) is 0 Å². The molecule has 0 aliphatic heterocycles. The molecule has 1 atom stereocenters. The third kappa shape index (κ3) is 5.28. The number of rotatable bonds is 7. The molecule has 0 aromatic heterocycles. The normalized spacial score (nSPS) is 14.9. The van der Waals surface area contributed by atoms with Crippen molar-refractivity contribution in [3.8, 4) is 0 Å². The first-order valence-electron chi connectivity index (χ1n) is 6.04. The van der Waals surface area contributed by atoms with Gasteiger partial charge < -0.3 is 15.6 Å². The van der Waals surface area contributed by atoms with Crippen molar-refractivity contribution in [3.05, 3.63) is 22.2 Å². The van der Waals surface area contributed by atoms with Gasteiger partial charge in [-0.3, -0.25) is 0 Å². The van der Waals surface area contributed by atoms with Crippen LogP contribution in [0.25, 0.3) is 0 Å². The predicted molar refractivity (Wildman–Crippen MR) is 83.2 cm³/mol. The van der Waals surface area contributed by atoms with Gasteiger partial charge in [0.15, 0.2) is 0 Å². The fraction of sp³-hybridized carbons (Fsp3) is 0.500. The van der Waals surface area contributed by atoms with Crippen LogP contribution in [0, 0.1) is 0 Å². The standard InChI is InChI=1S/C12H18Cl2N2O4S/c1-12(17,3-4-20-2)7-16-21(18,19)11-9(14)5-8(13)6-10(11)15/h5-6,16-17H,3-4,7,15H2,1-2H3. The monoisotopic (exact) mass is 356 g/mol. The summed E-state index contributed by atoms with van der Waals surface area (Å²) in [5.74, 6) is 0. The Balaban J connectivity index is 2.93. The number of nitrogens with one attached hydrogen (secondary N) is 1. The Morgan fingerprint density at radius 3 is 2.57 bits per heavy atom. The summed E-state index contributed by atoms with van der Waals surface area (Å²) in [4.78, 5) is -0.254. The number of halogens is 2. The Morgan fingerprint density at radius 1 is 1.43 bits per heavy atom. The summed E-state index contributed by atoms with van der Waals surface area (Å²) in [5.41, 5.74) is 4.35. The minimum Gasteiger partial charge on any atom is -0.398 e. The molecular formula is C12H18Cl2N2O4S. The highest BCUT2D eigenvalue weighted by Gasteiger charge is 2.27. The molecule has 0 fully saturated rings. The number of sulfonamides is 1. The van der Waals surface area contributed by atoms with Gasteiger partial charge in [-0.15, -0.1) is 0 Å². The highest BCUT2D eigenvalue weighted by Crippen LogP contribution is 2.31. The van der Waals surface area contributed by atoms with Crippen molar-refractivity contribution < 1.29 is 18.3 Å². The van der Waals surface area contributed by atoms with Crippen LogP contribution in [0.3, 0.4) is 0 Å². The number of nitrogen functional groups attached to an aromatic ring is 1. The molecule has 120 valence electrons. The van der Waals surface area contributed by atoms with Gasteiger partial charge in [0.05, 0.1) is 16.3 Å². The fourth-order valence-corrected chi connectivity index (χ4v) is 3.74. The molecule has 1 unspecified atom stereocenters. The average molecular weight is 357 g/mol. The number of methoxy groups -OCH3 is 1. The molecule has 4 N–H and O–H groups in total. The number of ether oxygens (including phenoxy) is 1. The second-order valence-corrected chi connectivity index (χ2v) is 7.42. The summed E-state index contributed by atoms with van der Waals surface area (Å²) in [7, 11) is -2.47. The largest absolute Gasteiger partial charge is 0.398 e. The third-order valence-corrected chi connectivity index (χ3v) is 4.94. The predicted octanol–water partition coefficient (Wildman–Crippen LogP) is 1.64. The maximum atomic E-state index is 12.2. The number of aliphatic hydroxyl groups is 1. The molecule has 0 amide bonds. The molecule has 0 aliphatic rings. The van der Waals surface area contributed by atoms with Crippen molar-refractivity contribution in [2.45, 2.75) is 23.8 Å². The molecule has 0 radical (unpaired) electrons. The lowest BCUT2D eigenvalue weighted by atomic mass is 10.0. The summed E-state index contributed by atoms with van der Waals surface area (Å²) >= 11 is 11.6. The molecule has 0 saturated heterocycles. The molecule has 0 spiro atoms. The molecule has 0 aliphatic carbocycles. The molecule has 6 nitrogen and oxygen atoms in total. The van der Waals surface area contributed by atoms with Crippen LogP contribution in [0.4, 0.5) is 5.69 Å². The quantitative estimate of drug-likeness (QED) is 0.644. The lowest BCUT2D eigenvalue weighted by Gasteiger charge is -2.23. The number of anilines is 1. The minimum atomic E-state index is -3.96. The van der Waals surface area contributed by atoms with E-state index in [0.717, 1.165) is 0 Å². The van der Waals surface area contributed by atoms with Crippen LogP contribution in [-0.2, 0) is 14.8 Å². The maximum Gasteiger partial charge on any atom is 0.244 e. The Bertz CT molecular complexity index is 582. The molecule has 0 heterocycles. The van der Waals surface area contributed by atoms with Gasteiger partial charge in [0, 0.05) is 31.7 Å². The first kappa shape index (κ1) is 18.5. The van der Waals surface area contributed by atoms with Crippen molar-refractivity contribution in [2.24, 2.45) is 0 Å². The zero-order valence-electron chi connectivity index (χ0n) is 11.7. The van der Waals surface area contributed by atoms with E-state index in [9.17, 15) is 13.5 Å². The van der Waals surface area contributed by atoms with E-state index < -0.39 is 15.6 Å². The molecule has 21 heavy (non-hydrogen) atoms. The number of benzene rings is 1. The van der Waals surface area contributed by atoms with Crippen LogP contribution in [0.1, 0.15) is 13.3 Å². The fourth-order valence-electron chi connectivity index (χ4n) is 1.60. The van der Waals surface area contributed by atoms with Crippen molar-refractivity contribution in [1.82, 2.24) is 4.72 Å². The van der Waals surface area contributed by atoms with Crippen LogP contribution < -0.4 is 10.5 Å². The van der Waals surface area contributed by atoms with Gasteiger partial charge >= 0.3 is 0 Å². The zero-order chi connectivity index (χ0) is 16.3. The number of hydrogen-bond acceptors (Lipinski definition) is 5. The average Bonchev–Trinajstić information content (AvgIpc) is 2.33. The summed E-state index contributed by atoms with van der Waals surface area (Å²) in [6, 6.07) is 2.59. The molecule has 9 heteroatoms. The smallest absolute Gasteiger partial charge is 0.244 e.